The normalized spacial score (nSPS) is 11.3. The van der Waals surface area contributed by atoms with Crippen LogP contribution in [0.5, 0.6) is 0 Å². The van der Waals surface area contributed by atoms with Crippen LogP contribution in [0.1, 0.15) is 16.1 Å². The van der Waals surface area contributed by atoms with Gasteiger partial charge in [0.1, 0.15) is 0 Å². The van der Waals surface area contributed by atoms with Crippen LogP contribution in [-0.2, 0) is 6.42 Å². The summed E-state index contributed by atoms with van der Waals surface area (Å²) in [6, 6.07) is 19.1. The van der Waals surface area contributed by atoms with Crippen LogP contribution in [-0.4, -0.2) is 15.9 Å². The lowest BCUT2D eigenvalue weighted by Crippen LogP contribution is -2.07. The molecule has 4 aromatic rings. The third-order valence-corrected chi connectivity index (χ3v) is 5.45. The highest BCUT2D eigenvalue weighted by Gasteiger charge is 2.20. The van der Waals surface area contributed by atoms with Crippen LogP contribution in [0, 0.1) is 13.8 Å². The van der Waals surface area contributed by atoms with Crippen LogP contribution < -0.4 is 5.73 Å². The predicted molar refractivity (Wildman–Crippen MR) is 106 cm³/mol. The minimum Gasteiger partial charge on any atom is -0.330 e. The Morgan fingerprint density at radius 3 is 2.36 bits per heavy atom. The number of fused-ring (bicyclic) bond motifs is 1. The molecule has 0 radical (unpaired) electrons. The summed E-state index contributed by atoms with van der Waals surface area (Å²) in [5.41, 5.74) is 13.0. The van der Waals surface area contributed by atoms with Crippen molar-refractivity contribution in [3.05, 3.63) is 70.7 Å². The molecule has 2 aromatic heterocycles. The molecule has 25 heavy (non-hydrogen) atoms. The molecular weight excluding hydrogens is 326 g/mol. The first kappa shape index (κ1) is 16.1. The Labute approximate surface area is 151 Å². The van der Waals surface area contributed by atoms with Gasteiger partial charge in [0.15, 0.2) is 4.96 Å². The van der Waals surface area contributed by atoms with Crippen LogP contribution in [0.2, 0.25) is 0 Å². The SMILES string of the molecule is Cc1ccc(-c2nc3sc(C)c(-c4ccccc4)n3c2CCN)cc1. The summed E-state index contributed by atoms with van der Waals surface area (Å²) in [6.07, 6.45) is 0.806. The Hall–Kier alpha value is -2.43. The van der Waals surface area contributed by atoms with Gasteiger partial charge in [-0.25, -0.2) is 4.98 Å². The molecule has 0 atom stereocenters. The maximum Gasteiger partial charge on any atom is 0.195 e. The standard InChI is InChI=1S/C21H21N3S/c1-14-8-10-16(11-9-14)19-18(12-13-22)24-20(15(2)25-21(24)23-19)17-6-4-3-5-7-17/h3-11H,12-13,22H2,1-2H3. The summed E-state index contributed by atoms with van der Waals surface area (Å²) < 4.78 is 2.30. The van der Waals surface area contributed by atoms with Crippen molar-refractivity contribution in [3.8, 4) is 22.5 Å². The second-order valence-corrected chi connectivity index (χ2v) is 7.48. The van der Waals surface area contributed by atoms with Crippen molar-refractivity contribution in [3.63, 3.8) is 0 Å². The van der Waals surface area contributed by atoms with Crippen LogP contribution in [0.4, 0.5) is 0 Å². The number of nitrogens with zero attached hydrogens (tertiary/aromatic N) is 2. The Bertz CT molecular complexity index is 1010. The molecule has 2 heterocycles. The van der Waals surface area contributed by atoms with E-state index in [1.54, 1.807) is 11.3 Å². The lowest BCUT2D eigenvalue weighted by molar-refractivity contribution is 0.912. The third-order valence-electron chi connectivity index (χ3n) is 4.50. The summed E-state index contributed by atoms with van der Waals surface area (Å²) >= 11 is 1.74. The molecular formula is C21H21N3S. The molecule has 0 aliphatic carbocycles. The highest BCUT2D eigenvalue weighted by molar-refractivity contribution is 7.17. The first-order chi connectivity index (χ1) is 12.2. The maximum absolute atomic E-state index is 5.94. The fraction of sp³-hybridized carbons (Fsp3) is 0.190. The first-order valence-corrected chi connectivity index (χ1v) is 9.34. The molecule has 126 valence electrons. The van der Waals surface area contributed by atoms with E-state index in [-0.39, 0.29) is 0 Å². The Morgan fingerprint density at radius 2 is 1.68 bits per heavy atom. The van der Waals surface area contributed by atoms with Crippen molar-refractivity contribution in [1.29, 1.82) is 0 Å². The van der Waals surface area contributed by atoms with Gasteiger partial charge in [0, 0.05) is 16.9 Å². The molecule has 0 unspecified atom stereocenters. The fourth-order valence-electron chi connectivity index (χ4n) is 3.31. The van der Waals surface area contributed by atoms with Gasteiger partial charge in [-0.3, -0.25) is 4.40 Å². The molecule has 0 amide bonds. The van der Waals surface area contributed by atoms with E-state index in [1.807, 2.05) is 0 Å². The van der Waals surface area contributed by atoms with Crippen LogP contribution >= 0.6 is 11.3 Å². The molecule has 0 fully saturated rings. The lowest BCUT2D eigenvalue weighted by atomic mass is 10.1. The van der Waals surface area contributed by atoms with Crippen molar-refractivity contribution in [2.24, 2.45) is 5.73 Å². The smallest absolute Gasteiger partial charge is 0.195 e. The van der Waals surface area contributed by atoms with Gasteiger partial charge in [-0.2, -0.15) is 0 Å². The summed E-state index contributed by atoms with van der Waals surface area (Å²) in [5, 5.41) is 0. The highest BCUT2D eigenvalue weighted by atomic mass is 32.1. The van der Waals surface area contributed by atoms with Crippen molar-refractivity contribution in [2.45, 2.75) is 20.3 Å². The number of rotatable bonds is 4. The average molecular weight is 347 g/mol. The van der Waals surface area contributed by atoms with E-state index in [0.29, 0.717) is 6.54 Å². The van der Waals surface area contributed by atoms with Crippen molar-refractivity contribution in [2.75, 3.05) is 6.54 Å². The van der Waals surface area contributed by atoms with Crippen LogP contribution in [0.25, 0.3) is 27.5 Å². The number of thiazole rings is 1. The van der Waals surface area contributed by atoms with E-state index < -0.39 is 0 Å². The quantitative estimate of drug-likeness (QED) is 0.573. The lowest BCUT2D eigenvalue weighted by Gasteiger charge is -2.08. The third kappa shape index (κ3) is 2.77. The van der Waals surface area contributed by atoms with Crippen molar-refractivity contribution in [1.82, 2.24) is 9.38 Å². The minimum absolute atomic E-state index is 0.607. The summed E-state index contributed by atoms with van der Waals surface area (Å²) in [5.74, 6) is 0. The molecule has 0 saturated carbocycles. The summed E-state index contributed by atoms with van der Waals surface area (Å²) in [6.45, 7) is 4.88. The van der Waals surface area contributed by atoms with E-state index in [1.165, 1.54) is 27.4 Å². The van der Waals surface area contributed by atoms with Gasteiger partial charge in [-0.15, -0.1) is 11.3 Å². The second kappa shape index (κ2) is 6.47. The van der Waals surface area contributed by atoms with Crippen molar-refractivity contribution < 1.29 is 0 Å². The minimum atomic E-state index is 0.607. The van der Waals surface area contributed by atoms with E-state index in [2.05, 4.69) is 72.8 Å². The Kier molecular flexibility index (Phi) is 4.15. The zero-order valence-corrected chi connectivity index (χ0v) is 15.3. The van der Waals surface area contributed by atoms with E-state index in [9.17, 15) is 0 Å². The zero-order valence-electron chi connectivity index (χ0n) is 14.5. The molecule has 0 aliphatic rings. The van der Waals surface area contributed by atoms with Gasteiger partial charge in [-0.05, 0) is 26.0 Å². The Morgan fingerprint density at radius 1 is 0.960 bits per heavy atom. The molecule has 0 saturated heterocycles. The number of hydrogen-bond donors (Lipinski definition) is 1. The summed E-state index contributed by atoms with van der Waals surface area (Å²) in [4.78, 5) is 7.28. The molecule has 4 heteroatoms. The highest BCUT2D eigenvalue weighted by Crippen LogP contribution is 2.36. The Balaban J connectivity index is 1.99. The number of aromatic nitrogens is 2. The monoisotopic (exact) mass is 347 g/mol. The van der Waals surface area contributed by atoms with Gasteiger partial charge in [0.05, 0.1) is 17.1 Å². The largest absolute Gasteiger partial charge is 0.330 e. The fourth-order valence-corrected chi connectivity index (χ4v) is 4.32. The zero-order chi connectivity index (χ0) is 17.4. The molecule has 2 N–H and O–H groups in total. The van der Waals surface area contributed by atoms with Gasteiger partial charge < -0.3 is 5.73 Å². The average Bonchev–Trinajstić information content (AvgIpc) is 3.12. The molecule has 0 bridgehead atoms. The van der Waals surface area contributed by atoms with Gasteiger partial charge >= 0.3 is 0 Å². The molecule has 0 aliphatic heterocycles. The second-order valence-electron chi connectivity index (χ2n) is 6.30. The topological polar surface area (TPSA) is 43.3 Å². The van der Waals surface area contributed by atoms with E-state index in [0.717, 1.165) is 22.6 Å². The molecule has 2 aromatic carbocycles. The van der Waals surface area contributed by atoms with E-state index >= 15 is 0 Å². The molecule has 0 spiro atoms. The number of nitrogens with two attached hydrogens (primary N) is 1. The number of hydrogen-bond acceptors (Lipinski definition) is 3. The van der Waals surface area contributed by atoms with E-state index in [4.69, 9.17) is 10.7 Å². The number of aryl methyl sites for hydroxylation is 2. The number of benzene rings is 2. The van der Waals surface area contributed by atoms with Gasteiger partial charge in [-0.1, -0.05) is 60.2 Å². The van der Waals surface area contributed by atoms with Crippen LogP contribution in [0.3, 0.4) is 0 Å². The van der Waals surface area contributed by atoms with Crippen LogP contribution in [0.15, 0.2) is 54.6 Å². The van der Waals surface area contributed by atoms with Gasteiger partial charge in [0.2, 0.25) is 0 Å². The van der Waals surface area contributed by atoms with Crippen molar-refractivity contribution >= 4 is 16.3 Å². The first-order valence-electron chi connectivity index (χ1n) is 8.52. The molecule has 4 rings (SSSR count). The summed E-state index contributed by atoms with van der Waals surface area (Å²) in [7, 11) is 0. The van der Waals surface area contributed by atoms with Gasteiger partial charge in [0.25, 0.3) is 0 Å². The molecule has 3 nitrogen and oxygen atoms in total. The number of imidazole rings is 1. The maximum atomic E-state index is 5.94. The predicted octanol–water partition coefficient (Wildman–Crippen LogP) is 4.85.